The summed E-state index contributed by atoms with van der Waals surface area (Å²) < 4.78 is 0. The van der Waals surface area contributed by atoms with E-state index in [2.05, 4.69) is 0 Å². The van der Waals surface area contributed by atoms with E-state index in [-0.39, 0.29) is 5.56 Å². The first-order chi connectivity index (χ1) is 7.07. The molecule has 15 heavy (non-hydrogen) atoms. The lowest BCUT2D eigenvalue weighted by Crippen LogP contribution is -2.14. The van der Waals surface area contributed by atoms with Crippen molar-refractivity contribution in [3.05, 3.63) is 35.4 Å². The highest BCUT2D eigenvalue weighted by atomic mass is 16.4. The molecule has 2 N–H and O–H groups in total. The number of carboxylic acid groups (broad SMARTS) is 2. The quantitative estimate of drug-likeness (QED) is 0.793. The van der Waals surface area contributed by atoms with Crippen molar-refractivity contribution in [2.45, 2.75) is 19.3 Å². The number of rotatable bonds is 4. The summed E-state index contributed by atoms with van der Waals surface area (Å²) in [6.45, 7) is 1.72. The Labute approximate surface area is 87.2 Å². The third kappa shape index (κ3) is 2.34. The van der Waals surface area contributed by atoms with Crippen LogP contribution in [0.2, 0.25) is 0 Å². The van der Waals surface area contributed by atoms with Crippen LogP contribution in [0, 0.1) is 0 Å². The molecular formula is C11H12O4. The van der Waals surface area contributed by atoms with Crippen molar-refractivity contribution in [1.82, 2.24) is 0 Å². The predicted octanol–water partition coefficient (Wildman–Crippen LogP) is 1.96. The Morgan fingerprint density at radius 2 is 1.87 bits per heavy atom. The molecule has 0 amide bonds. The highest BCUT2D eigenvalue weighted by Crippen LogP contribution is 2.23. The largest absolute Gasteiger partial charge is 0.481 e. The molecule has 0 aromatic heterocycles. The van der Waals surface area contributed by atoms with Crippen LogP contribution < -0.4 is 0 Å². The molecule has 80 valence electrons. The summed E-state index contributed by atoms with van der Waals surface area (Å²) in [7, 11) is 0. The molecule has 0 heterocycles. The molecule has 0 saturated carbocycles. The number of benzene rings is 1. The number of aromatic carboxylic acids is 1. The molecule has 0 aliphatic carbocycles. The summed E-state index contributed by atoms with van der Waals surface area (Å²) in [6.07, 6.45) is 0.375. The summed E-state index contributed by atoms with van der Waals surface area (Å²) in [5, 5.41) is 17.8. The SMILES string of the molecule is CCC(C(=O)O)c1ccccc1C(=O)O. The average molecular weight is 208 g/mol. The molecule has 0 radical (unpaired) electrons. The lowest BCUT2D eigenvalue weighted by Gasteiger charge is -2.12. The Balaban J connectivity index is 3.22. The zero-order chi connectivity index (χ0) is 11.4. The van der Waals surface area contributed by atoms with Gasteiger partial charge in [-0.05, 0) is 18.1 Å². The molecular weight excluding hydrogens is 196 g/mol. The fourth-order valence-electron chi connectivity index (χ4n) is 1.52. The molecule has 4 nitrogen and oxygen atoms in total. The summed E-state index contributed by atoms with van der Waals surface area (Å²) in [5.41, 5.74) is 0.423. The van der Waals surface area contributed by atoms with Crippen LogP contribution in [0.3, 0.4) is 0 Å². The van der Waals surface area contributed by atoms with Crippen molar-refractivity contribution in [1.29, 1.82) is 0 Å². The third-order valence-corrected chi connectivity index (χ3v) is 2.27. The van der Waals surface area contributed by atoms with E-state index >= 15 is 0 Å². The van der Waals surface area contributed by atoms with Crippen LogP contribution in [0.5, 0.6) is 0 Å². The maximum absolute atomic E-state index is 10.9. The second-order valence-corrected chi connectivity index (χ2v) is 3.19. The van der Waals surface area contributed by atoms with E-state index in [0.29, 0.717) is 12.0 Å². The lowest BCUT2D eigenvalue weighted by atomic mass is 9.92. The van der Waals surface area contributed by atoms with Crippen LogP contribution >= 0.6 is 0 Å². The van der Waals surface area contributed by atoms with Crippen LogP contribution in [0.1, 0.15) is 35.2 Å². The molecule has 0 bridgehead atoms. The maximum atomic E-state index is 10.9. The Bertz CT molecular complexity index is 384. The van der Waals surface area contributed by atoms with E-state index < -0.39 is 17.9 Å². The molecule has 0 aliphatic heterocycles. The van der Waals surface area contributed by atoms with Crippen LogP contribution in [0.25, 0.3) is 0 Å². The van der Waals surface area contributed by atoms with Gasteiger partial charge in [0.15, 0.2) is 0 Å². The van der Waals surface area contributed by atoms with Gasteiger partial charge in [0.25, 0.3) is 0 Å². The van der Waals surface area contributed by atoms with Gasteiger partial charge in [0.1, 0.15) is 0 Å². The lowest BCUT2D eigenvalue weighted by molar-refractivity contribution is -0.138. The minimum Gasteiger partial charge on any atom is -0.481 e. The van der Waals surface area contributed by atoms with Crippen molar-refractivity contribution < 1.29 is 19.8 Å². The third-order valence-electron chi connectivity index (χ3n) is 2.27. The van der Waals surface area contributed by atoms with Crippen LogP contribution in [0.15, 0.2) is 24.3 Å². The molecule has 1 aromatic carbocycles. The van der Waals surface area contributed by atoms with Gasteiger partial charge in [0, 0.05) is 0 Å². The highest BCUT2D eigenvalue weighted by Gasteiger charge is 2.22. The fraction of sp³-hybridized carbons (Fsp3) is 0.273. The summed E-state index contributed by atoms with van der Waals surface area (Å²) >= 11 is 0. The van der Waals surface area contributed by atoms with Gasteiger partial charge in [0.2, 0.25) is 0 Å². The van der Waals surface area contributed by atoms with Crippen LogP contribution in [0.4, 0.5) is 0 Å². The molecule has 1 atom stereocenters. The van der Waals surface area contributed by atoms with Gasteiger partial charge in [0.05, 0.1) is 11.5 Å². The van der Waals surface area contributed by atoms with Gasteiger partial charge in [-0.1, -0.05) is 25.1 Å². The van der Waals surface area contributed by atoms with Crippen molar-refractivity contribution in [2.75, 3.05) is 0 Å². The van der Waals surface area contributed by atoms with Crippen molar-refractivity contribution >= 4 is 11.9 Å². The van der Waals surface area contributed by atoms with Crippen molar-refractivity contribution in [3.8, 4) is 0 Å². The predicted molar refractivity (Wildman–Crippen MR) is 54.1 cm³/mol. The van der Waals surface area contributed by atoms with Crippen LogP contribution in [-0.2, 0) is 4.79 Å². The second kappa shape index (κ2) is 4.59. The van der Waals surface area contributed by atoms with Gasteiger partial charge in [-0.15, -0.1) is 0 Å². The molecule has 0 aliphatic rings. The van der Waals surface area contributed by atoms with E-state index in [1.165, 1.54) is 6.07 Å². The first-order valence-corrected chi connectivity index (χ1v) is 4.63. The molecule has 1 rings (SSSR count). The van der Waals surface area contributed by atoms with Gasteiger partial charge in [-0.25, -0.2) is 4.79 Å². The van der Waals surface area contributed by atoms with Gasteiger partial charge in [-0.2, -0.15) is 0 Å². The minimum absolute atomic E-state index is 0.0618. The van der Waals surface area contributed by atoms with E-state index in [1.807, 2.05) is 0 Å². The zero-order valence-electron chi connectivity index (χ0n) is 8.30. The number of hydrogen-bond donors (Lipinski definition) is 2. The van der Waals surface area contributed by atoms with Crippen molar-refractivity contribution in [2.24, 2.45) is 0 Å². The second-order valence-electron chi connectivity index (χ2n) is 3.19. The van der Waals surface area contributed by atoms with E-state index in [0.717, 1.165) is 0 Å². The molecule has 0 saturated heterocycles. The first kappa shape index (κ1) is 11.2. The van der Waals surface area contributed by atoms with Gasteiger partial charge < -0.3 is 10.2 Å². The fourth-order valence-corrected chi connectivity index (χ4v) is 1.52. The minimum atomic E-state index is -1.09. The Hall–Kier alpha value is -1.84. The summed E-state index contributed by atoms with van der Waals surface area (Å²) in [6, 6.07) is 6.20. The zero-order valence-corrected chi connectivity index (χ0v) is 8.30. The van der Waals surface area contributed by atoms with E-state index in [4.69, 9.17) is 10.2 Å². The van der Waals surface area contributed by atoms with Gasteiger partial charge in [-0.3, -0.25) is 4.79 Å². The molecule has 1 unspecified atom stereocenters. The molecule has 0 fully saturated rings. The van der Waals surface area contributed by atoms with Gasteiger partial charge >= 0.3 is 11.9 Å². The molecule has 4 heteroatoms. The van der Waals surface area contributed by atoms with E-state index in [1.54, 1.807) is 25.1 Å². The highest BCUT2D eigenvalue weighted by molar-refractivity contribution is 5.92. The smallest absolute Gasteiger partial charge is 0.335 e. The molecule has 1 aromatic rings. The monoisotopic (exact) mass is 208 g/mol. The van der Waals surface area contributed by atoms with Crippen LogP contribution in [-0.4, -0.2) is 22.2 Å². The topological polar surface area (TPSA) is 74.6 Å². The first-order valence-electron chi connectivity index (χ1n) is 4.63. The summed E-state index contributed by atoms with van der Waals surface area (Å²) in [5.74, 6) is -2.84. The Morgan fingerprint density at radius 3 is 2.33 bits per heavy atom. The molecule has 0 spiro atoms. The number of hydrogen-bond acceptors (Lipinski definition) is 2. The van der Waals surface area contributed by atoms with Crippen molar-refractivity contribution in [3.63, 3.8) is 0 Å². The van der Waals surface area contributed by atoms with E-state index in [9.17, 15) is 9.59 Å². The maximum Gasteiger partial charge on any atom is 0.335 e. The summed E-state index contributed by atoms with van der Waals surface area (Å²) in [4.78, 5) is 21.8. The standard InChI is InChI=1S/C11H12O4/c1-2-7(10(12)13)8-5-3-4-6-9(8)11(14)15/h3-7H,2H2,1H3,(H,12,13)(H,14,15). The number of aliphatic carboxylic acids is 1. The normalized spacial score (nSPS) is 12.1. The Morgan fingerprint density at radius 1 is 1.27 bits per heavy atom. The number of carboxylic acids is 2. The Kier molecular flexibility index (Phi) is 3.44. The average Bonchev–Trinajstić information content (AvgIpc) is 2.18. The number of carbonyl (C=O) groups is 2.